The summed E-state index contributed by atoms with van der Waals surface area (Å²) in [5.41, 5.74) is 2.86. The molecule has 1 N–H and O–H groups in total. The van der Waals surface area contributed by atoms with Gasteiger partial charge < -0.3 is 5.32 Å². The first-order valence-corrected chi connectivity index (χ1v) is 11.5. The lowest BCUT2D eigenvalue weighted by Crippen LogP contribution is -2.38. The van der Waals surface area contributed by atoms with E-state index in [-0.39, 0.29) is 11.4 Å². The molecule has 0 radical (unpaired) electrons. The van der Waals surface area contributed by atoms with Crippen LogP contribution < -0.4 is 9.62 Å². The van der Waals surface area contributed by atoms with Crippen LogP contribution in [0.4, 0.5) is 11.4 Å². The van der Waals surface area contributed by atoms with Gasteiger partial charge in [-0.15, -0.1) is 11.3 Å². The minimum Gasteiger partial charge on any atom is -0.360 e. The molecule has 0 bridgehead atoms. The fraction of sp³-hybridized carbons (Fsp3) is 0.0952. The highest BCUT2D eigenvalue weighted by atomic mass is 35.5. The molecule has 0 fully saturated rings. The summed E-state index contributed by atoms with van der Waals surface area (Å²) < 4.78 is 27.9. The van der Waals surface area contributed by atoms with Crippen molar-refractivity contribution in [2.24, 2.45) is 0 Å². The van der Waals surface area contributed by atoms with E-state index < -0.39 is 15.8 Å². The quantitative estimate of drug-likeness (QED) is 0.562. The topological polar surface area (TPSA) is 66.5 Å². The molecule has 1 aromatic heterocycles. The number of hydrogen-bond acceptors (Lipinski definition) is 5. The van der Waals surface area contributed by atoms with Crippen molar-refractivity contribution < 1.29 is 13.2 Å². The Balaban J connectivity index is 1.75. The maximum atomic E-state index is 13.3. The third-order valence-electron chi connectivity index (χ3n) is 4.65. The van der Waals surface area contributed by atoms with Crippen LogP contribution >= 0.6 is 22.9 Å². The summed E-state index contributed by atoms with van der Waals surface area (Å²) in [5, 5.41) is 5.28. The molecule has 3 aromatic rings. The van der Waals surface area contributed by atoms with E-state index in [0.29, 0.717) is 15.6 Å². The average molecular weight is 445 g/mol. The number of nitrogens with one attached hydrogen (secondary N) is 1. The number of benzene rings is 2. The van der Waals surface area contributed by atoms with Gasteiger partial charge in [0.05, 0.1) is 12.2 Å². The van der Waals surface area contributed by atoms with Crippen LogP contribution in [0.1, 0.15) is 20.8 Å². The van der Waals surface area contributed by atoms with E-state index in [9.17, 15) is 13.2 Å². The Bertz CT molecular complexity index is 1210. The van der Waals surface area contributed by atoms with Crippen LogP contribution in [-0.2, 0) is 16.6 Å². The summed E-state index contributed by atoms with van der Waals surface area (Å²) in [4.78, 5) is 13.1. The van der Waals surface area contributed by atoms with E-state index in [1.807, 2.05) is 31.2 Å². The highest BCUT2D eigenvalue weighted by Crippen LogP contribution is 2.39. The molecule has 0 unspecified atom stereocenters. The monoisotopic (exact) mass is 444 g/mol. The smallest absolute Gasteiger partial charge is 0.270 e. The Labute approximate surface area is 178 Å². The van der Waals surface area contributed by atoms with Gasteiger partial charge in [0.1, 0.15) is 4.88 Å². The van der Waals surface area contributed by atoms with Crippen LogP contribution in [0.5, 0.6) is 0 Å². The van der Waals surface area contributed by atoms with E-state index in [2.05, 4.69) is 5.32 Å². The maximum absolute atomic E-state index is 13.3. The van der Waals surface area contributed by atoms with Crippen molar-refractivity contribution in [3.05, 3.63) is 92.1 Å². The normalized spacial score (nSPS) is 16.7. The zero-order valence-electron chi connectivity index (χ0n) is 15.4. The lowest BCUT2D eigenvalue weighted by molar-refractivity contribution is 0.104. The van der Waals surface area contributed by atoms with Gasteiger partial charge in [0.15, 0.2) is 4.91 Å². The third-order valence-corrected chi connectivity index (χ3v) is 7.57. The second-order valence-electron chi connectivity index (χ2n) is 6.57. The molecule has 148 valence electrons. The zero-order chi connectivity index (χ0) is 20.6. The van der Waals surface area contributed by atoms with E-state index in [1.54, 1.807) is 35.7 Å². The Kier molecular flexibility index (Phi) is 5.21. The first kappa shape index (κ1) is 19.7. The first-order valence-electron chi connectivity index (χ1n) is 8.79. The predicted molar refractivity (Wildman–Crippen MR) is 118 cm³/mol. The SMILES string of the molecule is Cc1ccccc1N/C=C1/C(=O)c2sccc2N(Cc2ccc(Cl)cc2)S1(=O)=O. The standard InChI is InChI=1S/C21H17ClN2O3S2/c1-14-4-2-3-5-17(14)23-12-19-20(25)21-18(10-11-28-21)24(29(19,26)27)13-15-6-8-16(22)9-7-15/h2-12,23H,13H2,1H3/b19-12-. The highest BCUT2D eigenvalue weighted by Gasteiger charge is 2.41. The number of carbonyl (C=O) groups excluding carboxylic acids is 1. The molecule has 5 nitrogen and oxygen atoms in total. The summed E-state index contributed by atoms with van der Waals surface area (Å²) in [6.45, 7) is 2.01. The molecule has 2 aromatic carbocycles. The van der Waals surface area contributed by atoms with Gasteiger partial charge in [-0.2, -0.15) is 0 Å². The number of rotatable bonds is 4. The lowest BCUT2D eigenvalue weighted by atomic mass is 10.2. The predicted octanol–water partition coefficient (Wildman–Crippen LogP) is 5.20. The second kappa shape index (κ2) is 7.67. The van der Waals surface area contributed by atoms with Crippen LogP contribution in [-0.4, -0.2) is 14.2 Å². The van der Waals surface area contributed by atoms with E-state index in [4.69, 9.17) is 11.6 Å². The molecule has 0 amide bonds. The number of halogens is 1. The van der Waals surface area contributed by atoms with Crippen molar-refractivity contribution in [3.8, 4) is 0 Å². The van der Waals surface area contributed by atoms with Crippen LogP contribution in [0.2, 0.25) is 5.02 Å². The number of Topliss-reactive ketones (excluding diaryl/α,β-unsaturated/α-hetero) is 1. The Morgan fingerprint density at radius 1 is 1.10 bits per heavy atom. The van der Waals surface area contributed by atoms with Gasteiger partial charge in [0, 0.05) is 16.9 Å². The first-order chi connectivity index (χ1) is 13.9. The molecule has 1 aliphatic heterocycles. The van der Waals surface area contributed by atoms with Gasteiger partial charge in [-0.25, -0.2) is 8.42 Å². The van der Waals surface area contributed by atoms with Crippen molar-refractivity contribution in [1.29, 1.82) is 0 Å². The molecule has 0 aliphatic carbocycles. The average Bonchev–Trinajstić information content (AvgIpc) is 3.17. The lowest BCUT2D eigenvalue weighted by Gasteiger charge is -2.29. The van der Waals surface area contributed by atoms with Gasteiger partial charge in [-0.1, -0.05) is 41.9 Å². The Morgan fingerprint density at radius 2 is 1.83 bits per heavy atom. The largest absolute Gasteiger partial charge is 0.360 e. The number of carbonyl (C=O) groups is 1. The van der Waals surface area contributed by atoms with E-state index in [1.165, 1.54) is 21.8 Å². The van der Waals surface area contributed by atoms with Crippen molar-refractivity contribution >= 4 is 50.1 Å². The molecular weight excluding hydrogens is 428 g/mol. The molecule has 0 spiro atoms. The minimum absolute atomic E-state index is 0.109. The van der Waals surface area contributed by atoms with Crippen LogP contribution in [0.3, 0.4) is 0 Å². The Morgan fingerprint density at radius 3 is 2.55 bits per heavy atom. The van der Waals surface area contributed by atoms with Gasteiger partial charge in [0.25, 0.3) is 10.0 Å². The number of sulfonamides is 1. The minimum atomic E-state index is -4.03. The summed E-state index contributed by atoms with van der Waals surface area (Å²) in [6.07, 6.45) is 1.29. The van der Waals surface area contributed by atoms with Gasteiger partial charge in [-0.05, 0) is 47.7 Å². The third kappa shape index (κ3) is 3.69. The summed E-state index contributed by atoms with van der Waals surface area (Å²) in [7, 11) is -4.03. The van der Waals surface area contributed by atoms with E-state index >= 15 is 0 Å². The number of allylic oxidation sites excluding steroid dienone is 1. The number of ketones is 1. The van der Waals surface area contributed by atoms with E-state index in [0.717, 1.165) is 16.8 Å². The fourth-order valence-electron chi connectivity index (χ4n) is 3.09. The van der Waals surface area contributed by atoms with Crippen molar-refractivity contribution in [2.75, 3.05) is 9.62 Å². The molecule has 1 aliphatic rings. The molecule has 29 heavy (non-hydrogen) atoms. The molecule has 4 rings (SSSR count). The second-order valence-corrected chi connectivity index (χ2v) is 9.75. The van der Waals surface area contributed by atoms with Crippen LogP contribution in [0.15, 0.2) is 71.1 Å². The van der Waals surface area contributed by atoms with Crippen LogP contribution in [0, 0.1) is 6.92 Å². The highest BCUT2D eigenvalue weighted by molar-refractivity contribution is 7.97. The Hall–Kier alpha value is -2.61. The molecule has 0 atom stereocenters. The summed E-state index contributed by atoms with van der Waals surface area (Å²) in [5.74, 6) is -0.497. The molecule has 8 heteroatoms. The van der Waals surface area contributed by atoms with Gasteiger partial charge >= 0.3 is 0 Å². The summed E-state index contributed by atoms with van der Waals surface area (Å²) in [6, 6.07) is 16.1. The maximum Gasteiger partial charge on any atom is 0.270 e. The number of para-hydroxylation sites is 1. The summed E-state index contributed by atoms with van der Waals surface area (Å²) >= 11 is 7.17. The number of nitrogens with zero attached hydrogens (tertiary/aromatic N) is 1. The number of fused-ring (bicyclic) bond motifs is 1. The van der Waals surface area contributed by atoms with Crippen LogP contribution in [0.25, 0.3) is 0 Å². The number of anilines is 2. The number of aryl methyl sites for hydroxylation is 1. The van der Waals surface area contributed by atoms with Gasteiger partial charge in [-0.3, -0.25) is 9.10 Å². The fourth-order valence-corrected chi connectivity index (χ4v) is 5.70. The molecule has 0 saturated carbocycles. The number of thiophene rings is 1. The van der Waals surface area contributed by atoms with Crippen molar-refractivity contribution in [3.63, 3.8) is 0 Å². The number of hydrogen-bond donors (Lipinski definition) is 1. The van der Waals surface area contributed by atoms with Crippen molar-refractivity contribution in [2.45, 2.75) is 13.5 Å². The van der Waals surface area contributed by atoms with Gasteiger partial charge in [0.2, 0.25) is 5.78 Å². The molecule has 0 saturated heterocycles. The molecule has 2 heterocycles. The van der Waals surface area contributed by atoms with Crippen molar-refractivity contribution in [1.82, 2.24) is 0 Å². The molecular formula is C21H17ClN2O3S2. The zero-order valence-corrected chi connectivity index (χ0v) is 17.8.